The third-order valence-electron chi connectivity index (χ3n) is 2.29. The lowest BCUT2D eigenvalue weighted by atomic mass is 9.98. The number of hydrogen-bond acceptors (Lipinski definition) is 4. The van der Waals surface area contributed by atoms with Gasteiger partial charge in [0.25, 0.3) is 0 Å². The second kappa shape index (κ2) is 5.68. The molecule has 2 rings (SSSR count). The van der Waals surface area contributed by atoms with Gasteiger partial charge in [0.1, 0.15) is 0 Å². The van der Waals surface area contributed by atoms with E-state index >= 15 is 0 Å². The zero-order chi connectivity index (χ0) is 16.1. The first kappa shape index (κ1) is 5.84. The van der Waals surface area contributed by atoms with Crippen LogP contribution in [-0.4, -0.2) is 17.5 Å². The lowest BCUT2D eigenvalue weighted by Crippen LogP contribution is -2.34. The molecule has 1 aliphatic carbocycles. The van der Waals surface area contributed by atoms with Crippen LogP contribution in [0.4, 0.5) is 5.13 Å². The topological polar surface area (TPSA) is 50.9 Å². The molecule has 0 saturated carbocycles. The normalized spacial score (nSPS) is 29.1. The van der Waals surface area contributed by atoms with Gasteiger partial charge in [0.05, 0.1) is 5.69 Å². The number of hydrogen-bond donors (Lipinski definition) is 2. The van der Waals surface area contributed by atoms with Gasteiger partial charge in [0, 0.05) is 20.5 Å². The van der Waals surface area contributed by atoms with Crippen molar-refractivity contribution in [1.82, 2.24) is 10.3 Å². The van der Waals surface area contributed by atoms with E-state index in [1.54, 1.807) is 0 Å². The molecule has 1 aromatic heterocycles. The van der Waals surface area contributed by atoms with Crippen LogP contribution in [-0.2, 0) is 12.8 Å². The van der Waals surface area contributed by atoms with E-state index in [0.717, 1.165) is 10.6 Å². The highest BCUT2D eigenvalue weighted by molar-refractivity contribution is 7.15. The maximum Gasteiger partial charge on any atom is 0.180 e. The summed E-state index contributed by atoms with van der Waals surface area (Å²) in [6.45, 7) is -5.70. The first-order valence-electron chi connectivity index (χ1n) is 7.96. The number of thiazole rings is 1. The second-order valence-electron chi connectivity index (χ2n) is 3.26. The predicted molar refractivity (Wildman–Crippen MR) is 67.9 cm³/mol. The molecule has 15 heavy (non-hydrogen) atoms. The van der Waals surface area contributed by atoms with Gasteiger partial charge in [-0.3, -0.25) is 0 Å². The molecule has 1 aliphatic rings. The van der Waals surface area contributed by atoms with E-state index in [0.29, 0.717) is 24.4 Å². The van der Waals surface area contributed by atoms with Crippen LogP contribution in [0.1, 0.15) is 39.8 Å². The van der Waals surface area contributed by atoms with Crippen molar-refractivity contribution in [2.24, 2.45) is 0 Å². The van der Waals surface area contributed by atoms with Gasteiger partial charge in [-0.2, -0.15) is 0 Å². The Hall–Kier alpha value is -0.320. The third kappa shape index (κ3) is 3.06. The highest BCUT2D eigenvalue weighted by atomic mass is 35.5. The van der Waals surface area contributed by atoms with Gasteiger partial charge in [-0.15, -0.1) is 23.7 Å². The molecule has 0 bridgehead atoms. The number of aromatic nitrogens is 1. The zero-order valence-electron chi connectivity index (χ0n) is 15.0. The number of aryl methyl sites for hydroxylation is 1. The SMILES string of the molecule is Cl.[2H]C([2H])([2H])C([2H])([2H])C([2H])([2H])N[C@H]1CCc2nc(N)sc2C1. The van der Waals surface area contributed by atoms with Gasteiger partial charge in [-0.25, -0.2) is 4.98 Å². The van der Waals surface area contributed by atoms with Crippen molar-refractivity contribution in [1.29, 1.82) is 0 Å². The van der Waals surface area contributed by atoms with E-state index in [9.17, 15) is 0 Å². The molecular formula is C10H18ClN3S. The van der Waals surface area contributed by atoms with Crippen LogP contribution in [0.15, 0.2) is 0 Å². The lowest BCUT2D eigenvalue weighted by Gasteiger charge is -2.21. The fourth-order valence-corrected chi connectivity index (χ4v) is 2.61. The van der Waals surface area contributed by atoms with Gasteiger partial charge < -0.3 is 11.1 Å². The Morgan fingerprint density at radius 2 is 2.67 bits per heavy atom. The number of halogens is 1. The van der Waals surface area contributed by atoms with E-state index in [4.69, 9.17) is 15.3 Å². The molecule has 0 spiro atoms. The molecule has 0 amide bonds. The minimum Gasteiger partial charge on any atom is -0.375 e. The lowest BCUT2D eigenvalue weighted by molar-refractivity contribution is 0.460. The van der Waals surface area contributed by atoms with Crippen molar-refractivity contribution in [2.45, 2.75) is 38.5 Å². The number of nitrogens with one attached hydrogen (secondary N) is 1. The largest absolute Gasteiger partial charge is 0.375 e. The molecule has 0 fully saturated rings. The van der Waals surface area contributed by atoms with Gasteiger partial charge in [0.15, 0.2) is 5.13 Å². The molecule has 5 heteroatoms. The molecule has 0 saturated heterocycles. The van der Waals surface area contributed by atoms with Crippen LogP contribution >= 0.6 is 23.7 Å². The number of fused-ring (bicyclic) bond motifs is 1. The van der Waals surface area contributed by atoms with E-state index in [2.05, 4.69) is 10.3 Å². The molecule has 0 unspecified atom stereocenters. The van der Waals surface area contributed by atoms with Crippen molar-refractivity contribution in [3.63, 3.8) is 0 Å². The maximum atomic E-state index is 7.79. The summed E-state index contributed by atoms with van der Waals surface area (Å²) in [6, 6.07) is -0.343. The highest BCUT2D eigenvalue weighted by Crippen LogP contribution is 2.27. The Kier molecular flexibility index (Phi) is 2.21. The summed E-state index contributed by atoms with van der Waals surface area (Å²) >= 11 is 1.33. The Labute approximate surface area is 111 Å². The van der Waals surface area contributed by atoms with Gasteiger partial charge in [0.2, 0.25) is 0 Å². The Morgan fingerprint density at radius 1 is 1.80 bits per heavy atom. The third-order valence-corrected chi connectivity index (χ3v) is 3.24. The van der Waals surface area contributed by atoms with Crippen LogP contribution in [0.5, 0.6) is 0 Å². The van der Waals surface area contributed by atoms with Crippen molar-refractivity contribution >= 4 is 28.9 Å². The molecule has 1 atom stereocenters. The monoisotopic (exact) mass is 254 g/mol. The van der Waals surface area contributed by atoms with E-state index in [1.807, 2.05) is 0 Å². The van der Waals surface area contributed by atoms with E-state index < -0.39 is 19.7 Å². The number of nitrogen functional groups attached to an aromatic ring is 1. The summed E-state index contributed by atoms with van der Waals surface area (Å²) < 4.78 is 52.3. The fraction of sp³-hybridized carbons (Fsp3) is 0.700. The van der Waals surface area contributed by atoms with Crippen molar-refractivity contribution in [2.75, 3.05) is 12.2 Å². The smallest absolute Gasteiger partial charge is 0.180 e. The molecule has 86 valence electrons. The van der Waals surface area contributed by atoms with Crippen LogP contribution in [0, 0.1) is 0 Å². The minimum absolute atomic E-state index is 0. The molecular weight excluding hydrogens is 230 g/mol. The summed E-state index contributed by atoms with van der Waals surface area (Å²) in [4.78, 5) is 5.13. The zero-order valence-corrected chi connectivity index (χ0v) is 9.67. The van der Waals surface area contributed by atoms with Gasteiger partial charge in [-0.1, -0.05) is 6.85 Å². The average Bonchev–Trinajstić information content (AvgIpc) is 2.66. The fourth-order valence-electron chi connectivity index (χ4n) is 1.66. The summed E-state index contributed by atoms with van der Waals surface area (Å²) in [6.07, 6.45) is -1.33. The van der Waals surface area contributed by atoms with Crippen LogP contribution in [0.3, 0.4) is 0 Å². The van der Waals surface area contributed by atoms with Crippen molar-refractivity contribution in [3.8, 4) is 0 Å². The second-order valence-corrected chi connectivity index (χ2v) is 4.37. The summed E-state index contributed by atoms with van der Waals surface area (Å²) in [5.41, 5.74) is 6.53. The van der Waals surface area contributed by atoms with Crippen LogP contribution in [0.2, 0.25) is 0 Å². The first-order chi connectivity index (χ1) is 9.44. The van der Waals surface area contributed by atoms with Gasteiger partial charge >= 0.3 is 0 Å². The number of anilines is 1. The summed E-state index contributed by atoms with van der Waals surface area (Å²) in [5, 5.41) is 2.99. The quantitative estimate of drug-likeness (QED) is 0.868. The predicted octanol–water partition coefficient (Wildman–Crippen LogP) is 2.00. The highest BCUT2D eigenvalue weighted by Gasteiger charge is 2.21. The number of nitrogens with two attached hydrogens (primary N) is 1. The minimum atomic E-state index is -3.04. The Balaban J connectivity index is 0.00000242. The molecule has 0 radical (unpaired) electrons. The Bertz CT molecular complexity index is 531. The van der Waals surface area contributed by atoms with Crippen LogP contribution < -0.4 is 11.1 Å². The summed E-state index contributed by atoms with van der Waals surface area (Å²) in [5.74, 6) is 0. The molecule has 3 N–H and O–H groups in total. The molecule has 0 aromatic carbocycles. The first-order valence-corrected chi connectivity index (χ1v) is 5.27. The Morgan fingerprint density at radius 3 is 3.47 bits per heavy atom. The molecule has 3 nitrogen and oxygen atoms in total. The van der Waals surface area contributed by atoms with E-state index in [1.165, 1.54) is 11.3 Å². The number of rotatable bonds is 3. The average molecular weight is 255 g/mol. The van der Waals surface area contributed by atoms with Crippen molar-refractivity contribution < 1.29 is 9.60 Å². The van der Waals surface area contributed by atoms with Crippen molar-refractivity contribution in [3.05, 3.63) is 10.6 Å². The molecule has 0 aliphatic heterocycles. The van der Waals surface area contributed by atoms with E-state index in [-0.39, 0.29) is 18.4 Å². The summed E-state index contributed by atoms with van der Waals surface area (Å²) in [7, 11) is 0. The maximum absolute atomic E-state index is 7.79. The molecule has 1 heterocycles. The number of nitrogens with zero attached hydrogens (tertiary/aromatic N) is 1. The van der Waals surface area contributed by atoms with Gasteiger partial charge in [-0.05, 0) is 32.1 Å². The van der Waals surface area contributed by atoms with Crippen LogP contribution in [0.25, 0.3) is 0 Å². The molecule has 1 aromatic rings. The standard InChI is InChI=1S/C10H17N3S.ClH/c1-2-5-12-7-3-4-8-9(6-7)14-10(11)13-8;/h7,12H,2-6H2,1H3,(H2,11,13);1H/t7-;/m0./s1/i1D3,2D2,5D2;.